The fourth-order valence-corrected chi connectivity index (χ4v) is 3.53. The molecule has 1 N–H and O–H groups in total. The summed E-state index contributed by atoms with van der Waals surface area (Å²) in [6.07, 6.45) is 3.79. The van der Waals surface area contributed by atoms with Crippen molar-refractivity contribution < 1.29 is 9.53 Å². The van der Waals surface area contributed by atoms with Crippen LogP contribution >= 0.6 is 22.6 Å². The molecule has 0 atom stereocenters. The number of amides is 1. The van der Waals surface area contributed by atoms with Gasteiger partial charge in [-0.05, 0) is 41.6 Å². The number of carbonyl (C=O) groups excluding carboxylic acids is 1. The van der Waals surface area contributed by atoms with Gasteiger partial charge in [0.05, 0.1) is 24.1 Å². The predicted molar refractivity (Wildman–Crippen MR) is 101 cm³/mol. The van der Waals surface area contributed by atoms with Crippen molar-refractivity contribution in [2.45, 2.75) is 32.4 Å². The number of anilines is 1. The topological polar surface area (TPSA) is 80.2 Å². The van der Waals surface area contributed by atoms with Gasteiger partial charge in [-0.25, -0.2) is 15.0 Å². The number of halogens is 1. The van der Waals surface area contributed by atoms with Crippen molar-refractivity contribution >= 4 is 34.3 Å². The lowest BCUT2D eigenvalue weighted by atomic mass is 10.1. The summed E-state index contributed by atoms with van der Waals surface area (Å²) in [5.74, 6) is 1.57. The molecule has 1 fully saturated rings. The Kier molecular flexibility index (Phi) is 4.45. The predicted octanol–water partition coefficient (Wildman–Crippen LogP) is 2.08. The summed E-state index contributed by atoms with van der Waals surface area (Å²) >= 11 is 2.18. The first-order valence-corrected chi connectivity index (χ1v) is 9.37. The van der Waals surface area contributed by atoms with E-state index in [9.17, 15) is 4.79 Å². The fraction of sp³-hybridized carbons (Fsp3) is 0.412. The van der Waals surface area contributed by atoms with E-state index in [4.69, 9.17) is 4.74 Å². The lowest BCUT2D eigenvalue weighted by molar-refractivity contribution is 0.0961. The average Bonchev–Trinajstić information content (AvgIpc) is 2.97. The number of nitrogens with one attached hydrogen (secondary N) is 1. The number of nitrogens with zero attached hydrogens (tertiary/aromatic N) is 4. The van der Waals surface area contributed by atoms with Gasteiger partial charge in [0.2, 0.25) is 0 Å². The molecule has 4 heterocycles. The Labute approximate surface area is 159 Å². The number of fused-ring (bicyclic) bond motifs is 1. The molecule has 130 valence electrons. The average molecular weight is 451 g/mol. The van der Waals surface area contributed by atoms with Crippen molar-refractivity contribution in [3.63, 3.8) is 0 Å². The van der Waals surface area contributed by atoms with E-state index in [1.165, 1.54) is 0 Å². The Hall–Kier alpha value is -1.97. The maximum Gasteiger partial charge on any atom is 0.272 e. The third-order valence-corrected chi connectivity index (χ3v) is 5.13. The summed E-state index contributed by atoms with van der Waals surface area (Å²) in [7, 11) is 0. The number of hydrogen-bond donors (Lipinski definition) is 1. The number of piperidine rings is 1. The van der Waals surface area contributed by atoms with Gasteiger partial charge in [0.15, 0.2) is 5.69 Å². The summed E-state index contributed by atoms with van der Waals surface area (Å²) in [6.45, 7) is 4.10. The molecule has 4 rings (SSSR count). The molecule has 1 saturated heterocycles. The molecule has 0 unspecified atom stereocenters. The molecule has 1 amide bonds. The van der Waals surface area contributed by atoms with Crippen LogP contribution in [0.5, 0.6) is 5.75 Å². The van der Waals surface area contributed by atoms with Gasteiger partial charge in [-0.15, -0.1) is 0 Å². The quantitative estimate of drug-likeness (QED) is 0.569. The van der Waals surface area contributed by atoms with Gasteiger partial charge in [0, 0.05) is 25.9 Å². The first-order chi connectivity index (χ1) is 12.1. The van der Waals surface area contributed by atoms with Crippen LogP contribution in [0.1, 0.15) is 34.7 Å². The van der Waals surface area contributed by atoms with Crippen molar-refractivity contribution in [1.29, 1.82) is 0 Å². The third-order valence-electron chi connectivity index (χ3n) is 4.49. The lowest BCUT2D eigenvalue weighted by Crippen LogP contribution is -2.39. The van der Waals surface area contributed by atoms with Crippen LogP contribution in [0, 0.1) is 10.6 Å². The van der Waals surface area contributed by atoms with E-state index in [-0.39, 0.29) is 12.0 Å². The van der Waals surface area contributed by atoms with Crippen LogP contribution in [-0.2, 0) is 6.54 Å². The molecule has 2 aliphatic rings. The molecule has 7 nitrogen and oxygen atoms in total. The van der Waals surface area contributed by atoms with Crippen molar-refractivity contribution in [2.24, 2.45) is 0 Å². The van der Waals surface area contributed by atoms with Gasteiger partial charge in [-0.3, -0.25) is 4.79 Å². The first kappa shape index (κ1) is 16.5. The SMILES string of the molecule is Cc1nc2c(nc1N1CCC(Oc3ccc(I)nc3)CC1)CNC2=O. The Morgan fingerprint density at radius 1 is 1.28 bits per heavy atom. The highest BCUT2D eigenvalue weighted by molar-refractivity contribution is 14.1. The van der Waals surface area contributed by atoms with Crippen LogP contribution in [0.3, 0.4) is 0 Å². The molecule has 0 saturated carbocycles. The molecule has 0 radical (unpaired) electrons. The molecule has 8 heteroatoms. The van der Waals surface area contributed by atoms with E-state index in [1.807, 2.05) is 19.1 Å². The van der Waals surface area contributed by atoms with Crippen LogP contribution in [-0.4, -0.2) is 40.1 Å². The summed E-state index contributed by atoms with van der Waals surface area (Å²) in [5, 5.41) is 2.77. The molecule has 2 aliphatic heterocycles. The second-order valence-corrected chi connectivity index (χ2v) is 7.34. The summed E-state index contributed by atoms with van der Waals surface area (Å²) in [6, 6.07) is 3.91. The number of rotatable bonds is 3. The van der Waals surface area contributed by atoms with Crippen LogP contribution in [0.25, 0.3) is 0 Å². The Morgan fingerprint density at radius 2 is 2.08 bits per heavy atom. The molecule has 2 aromatic heterocycles. The van der Waals surface area contributed by atoms with Crippen molar-refractivity contribution in [3.05, 3.63) is 39.1 Å². The Bertz CT molecular complexity index is 803. The maximum atomic E-state index is 11.7. The molecular weight excluding hydrogens is 433 g/mol. The third kappa shape index (κ3) is 3.39. The van der Waals surface area contributed by atoms with Crippen LogP contribution in [0.2, 0.25) is 0 Å². The molecule has 0 aromatic carbocycles. The highest BCUT2D eigenvalue weighted by atomic mass is 127. The van der Waals surface area contributed by atoms with Gasteiger partial charge in [0.25, 0.3) is 5.91 Å². The molecule has 0 spiro atoms. The standard InChI is InChI=1S/C17H18IN5O2/c1-10-16(22-13-9-20-17(24)15(13)21-10)23-6-4-11(5-7-23)25-12-2-3-14(18)19-8-12/h2-3,8,11H,4-7,9H2,1H3,(H,20,24). The van der Waals surface area contributed by atoms with Crippen molar-refractivity contribution in [1.82, 2.24) is 20.3 Å². The van der Waals surface area contributed by atoms with Gasteiger partial charge >= 0.3 is 0 Å². The minimum Gasteiger partial charge on any atom is -0.489 e. The number of carbonyl (C=O) groups is 1. The van der Waals surface area contributed by atoms with Crippen LogP contribution in [0.15, 0.2) is 18.3 Å². The van der Waals surface area contributed by atoms with Crippen LogP contribution < -0.4 is 15.0 Å². The largest absolute Gasteiger partial charge is 0.489 e. The van der Waals surface area contributed by atoms with Gasteiger partial charge in [0.1, 0.15) is 21.4 Å². The number of hydrogen-bond acceptors (Lipinski definition) is 6. The molecule has 0 bridgehead atoms. The van der Waals surface area contributed by atoms with Crippen molar-refractivity contribution in [3.8, 4) is 5.75 Å². The monoisotopic (exact) mass is 451 g/mol. The molecule has 25 heavy (non-hydrogen) atoms. The number of aromatic nitrogens is 3. The second kappa shape index (κ2) is 6.74. The minimum absolute atomic E-state index is 0.129. The van der Waals surface area contributed by atoms with E-state index in [0.717, 1.165) is 52.6 Å². The van der Waals surface area contributed by atoms with E-state index in [0.29, 0.717) is 12.2 Å². The smallest absolute Gasteiger partial charge is 0.272 e. The van der Waals surface area contributed by atoms with E-state index in [2.05, 4.69) is 47.8 Å². The number of aryl methyl sites for hydroxylation is 1. The molecule has 2 aromatic rings. The molecular formula is C17H18IN5O2. The summed E-state index contributed by atoms with van der Waals surface area (Å²) in [5.41, 5.74) is 2.01. The maximum absolute atomic E-state index is 11.7. The van der Waals surface area contributed by atoms with Gasteiger partial charge in [-0.2, -0.15) is 0 Å². The fourth-order valence-electron chi connectivity index (χ4n) is 3.21. The van der Waals surface area contributed by atoms with Gasteiger partial charge < -0.3 is 15.0 Å². The Morgan fingerprint density at radius 3 is 2.80 bits per heavy atom. The van der Waals surface area contributed by atoms with E-state index >= 15 is 0 Å². The summed E-state index contributed by atoms with van der Waals surface area (Å²) < 4.78 is 6.99. The zero-order chi connectivity index (χ0) is 17.4. The highest BCUT2D eigenvalue weighted by Crippen LogP contribution is 2.25. The Balaban J connectivity index is 1.42. The van der Waals surface area contributed by atoms with E-state index < -0.39 is 0 Å². The first-order valence-electron chi connectivity index (χ1n) is 8.29. The number of pyridine rings is 1. The minimum atomic E-state index is -0.129. The van der Waals surface area contributed by atoms with Crippen molar-refractivity contribution in [2.75, 3.05) is 18.0 Å². The normalized spacial score (nSPS) is 17.4. The molecule has 0 aliphatic carbocycles. The van der Waals surface area contributed by atoms with E-state index in [1.54, 1.807) is 6.20 Å². The van der Waals surface area contributed by atoms with Crippen LogP contribution in [0.4, 0.5) is 5.82 Å². The summed E-state index contributed by atoms with van der Waals surface area (Å²) in [4.78, 5) is 27.3. The second-order valence-electron chi connectivity index (χ2n) is 6.23. The highest BCUT2D eigenvalue weighted by Gasteiger charge is 2.27. The van der Waals surface area contributed by atoms with Gasteiger partial charge in [-0.1, -0.05) is 0 Å². The lowest BCUT2D eigenvalue weighted by Gasteiger charge is -2.33. The number of ether oxygens (including phenoxy) is 1. The zero-order valence-corrected chi connectivity index (χ0v) is 16.0. The zero-order valence-electron chi connectivity index (χ0n) is 13.8.